The highest BCUT2D eigenvalue weighted by Gasteiger charge is 2.47. The van der Waals surface area contributed by atoms with Crippen molar-refractivity contribution in [2.45, 2.75) is 6.04 Å². The van der Waals surface area contributed by atoms with Gasteiger partial charge in [0.1, 0.15) is 5.75 Å². The zero-order valence-corrected chi connectivity index (χ0v) is 14.9. The van der Waals surface area contributed by atoms with Gasteiger partial charge in [0, 0.05) is 48.7 Å². The number of carbonyl (C=O) groups is 1. The number of rotatable bonds is 2. The third-order valence-corrected chi connectivity index (χ3v) is 5.99. The van der Waals surface area contributed by atoms with Gasteiger partial charge in [-0.3, -0.25) is 9.78 Å². The zero-order valence-electron chi connectivity index (χ0n) is 14.9. The maximum atomic E-state index is 13.5. The molecule has 0 aliphatic carbocycles. The van der Waals surface area contributed by atoms with Crippen molar-refractivity contribution in [3.05, 3.63) is 72.1 Å². The van der Waals surface area contributed by atoms with Crippen LogP contribution in [0.4, 0.5) is 0 Å². The Bertz CT molecular complexity index is 1000. The van der Waals surface area contributed by atoms with Gasteiger partial charge in [0.25, 0.3) is 5.91 Å². The molecule has 1 aromatic heterocycles. The maximum absolute atomic E-state index is 13.5. The van der Waals surface area contributed by atoms with E-state index in [1.165, 1.54) is 0 Å². The Labute approximate surface area is 157 Å². The van der Waals surface area contributed by atoms with Crippen molar-refractivity contribution in [3.63, 3.8) is 0 Å². The number of hydrogen-bond donors (Lipinski definition) is 2. The van der Waals surface area contributed by atoms with Gasteiger partial charge < -0.3 is 15.3 Å². The van der Waals surface area contributed by atoms with E-state index in [-0.39, 0.29) is 17.7 Å². The predicted molar refractivity (Wildman–Crippen MR) is 103 cm³/mol. The minimum absolute atomic E-state index is 0.0336. The summed E-state index contributed by atoms with van der Waals surface area (Å²) in [5.41, 5.74) is 1.52. The number of pyridine rings is 1. The quantitative estimate of drug-likeness (QED) is 0.738. The lowest BCUT2D eigenvalue weighted by atomic mass is 9.89. The van der Waals surface area contributed by atoms with Crippen molar-refractivity contribution in [2.75, 3.05) is 19.6 Å². The number of likely N-dealkylation sites (tertiary alicyclic amines) is 1. The van der Waals surface area contributed by atoms with Crippen molar-refractivity contribution in [1.82, 2.24) is 15.2 Å². The number of fused-ring (bicyclic) bond motifs is 2. The van der Waals surface area contributed by atoms with E-state index in [0.29, 0.717) is 29.3 Å². The summed E-state index contributed by atoms with van der Waals surface area (Å²) in [5.74, 6) is 0.797. The topological polar surface area (TPSA) is 65.5 Å². The molecule has 3 atom stereocenters. The van der Waals surface area contributed by atoms with Gasteiger partial charge in [0.2, 0.25) is 0 Å². The summed E-state index contributed by atoms with van der Waals surface area (Å²) in [4.78, 5) is 19.5. The van der Waals surface area contributed by atoms with Crippen LogP contribution >= 0.6 is 0 Å². The number of phenolic OH excluding ortho intramolecular Hbond substituents is 1. The zero-order chi connectivity index (χ0) is 18.4. The number of phenols is 1. The van der Waals surface area contributed by atoms with Crippen LogP contribution in [0, 0.1) is 11.8 Å². The lowest BCUT2D eigenvalue weighted by Gasteiger charge is -2.29. The first kappa shape index (κ1) is 16.3. The molecule has 0 saturated carbocycles. The Morgan fingerprint density at radius 1 is 1.11 bits per heavy atom. The second-order valence-corrected chi connectivity index (χ2v) is 7.45. The van der Waals surface area contributed by atoms with Crippen LogP contribution < -0.4 is 5.32 Å². The lowest BCUT2D eigenvalue weighted by molar-refractivity contribution is 0.0711. The van der Waals surface area contributed by atoms with E-state index >= 15 is 0 Å². The van der Waals surface area contributed by atoms with E-state index < -0.39 is 0 Å². The van der Waals surface area contributed by atoms with Gasteiger partial charge in [-0.05, 0) is 23.6 Å². The molecule has 27 heavy (non-hydrogen) atoms. The molecule has 2 aromatic carbocycles. The number of aromatic nitrogens is 1. The van der Waals surface area contributed by atoms with Crippen molar-refractivity contribution in [2.24, 2.45) is 11.8 Å². The first-order valence-electron chi connectivity index (χ1n) is 9.36. The fourth-order valence-electron chi connectivity index (χ4n) is 4.69. The van der Waals surface area contributed by atoms with Gasteiger partial charge in [-0.1, -0.05) is 36.4 Å². The monoisotopic (exact) mass is 359 g/mol. The molecule has 3 heterocycles. The summed E-state index contributed by atoms with van der Waals surface area (Å²) in [6.07, 6.45) is 3.33. The van der Waals surface area contributed by atoms with Crippen LogP contribution in [0.3, 0.4) is 0 Å². The van der Waals surface area contributed by atoms with E-state index in [9.17, 15) is 9.90 Å². The summed E-state index contributed by atoms with van der Waals surface area (Å²) in [6, 6.07) is 15.6. The molecule has 0 spiro atoms. The van der Waals surface area contributed by atoms with E-state index in [1.54, 1.807) is 24.5 Å². The number of aromatic hydroxyl groups is 1. The molecule has 5 heteroatoms. The summed E-state index contributed by atoms with van der Waals surface area (Å²) in [6.45, 7) is 2.57. The fourth-order valence-corrected chi connectivity index (χ4v) is 4.69. The number of carbonyl (C=O) groups excluding carboxylic acids is 1. The summed E-state index contributed by atoms with van der Waals surface area (Å²) < 4.78 is 0. The highest BCUT2D eigenvalue weighted by molar-refractivity contribution is 6.03. The number of nitrogens with one attached hydrogen (secondary N) is 1. The summed E-state index contributed by atoms with van der Waals surface area (Å²) in [7, 11) is 0. The molecule has 5 nitrogen and oxygen atoms in total. The van der Waals surface area contributed by atoms with Gasteiger partial charge in [-0.2, -0.15) is 0 Å². The molecule has 2 saturated heterocycles. The van der Waals surface area contributed by atoms with E-state index in [2.05, 4.69) is 22.4 Å². The van der Waals surface area contributed by atoms with Gasteiger partial charge in [-0.25, -0.2) is 0 Å². The molecule has 0 radical (unpaired) electrons. The SMILES string of the molecule is O=C(c1ccc2cnccc2c1O)N1C[C@@H]2CNC[C@@H]2[C@@H]1c1ccccc1. The molecule has 136 valence electrons. The van der Waals surface area contributed by atoms with Crippen LogP contribution in [0.5, 0.6) is 5.75 Å². The first-order chi connectivity index (χ1) is 13.2. The van der Waals surface area contributed by atoms with Crippen LogP contribution in [0.1, 0.15) is 22.0 Å². The molecule has 3 aromatic rings. The fraction of sp³-hybridized carbons (Fsp3) is 0.273. The summed E-state index contributed by atoms with van der Waals surface area (Å²) >= 11 is 0. The molecule has 0 bridgehead atoms. The third kappa shape index (κ3) is 2.58. The largest absolute Gasteiger partial charge is 0.506 e. The Balaban J connectivity index is 1.56. The molecule has 2 aliphatic rings. The standard InChI is InChI=1S/C22H21N3O2/c26-21-17-8-9-23-10-15(17)6-7-18(21)22(27)25-13-16-11-24-12-19(16)20(25)14-4-2-1-3-5-14/h1-10,16,19-20,24,26H,11-13H2/t16-,19-,20-/m0/s1. The third-order valence-electron chi connectivity index (χ3n) is 5.99. The molecule has 2 fully saturated rings. The molecular weight excluding hydrogens is 338 g/mol. The minimum Gasteiger partial charge on any atom is -0.506 e. The number of benzene rings is 2. The summed E-state index contributed by atoms with van der Waals surface area (Å²) in [5, 5.41) is 15.7. The smallest absolute Gasteiger partial charge is 0.258 e. The Hall–Kier alpha value is -2.92. The average Bonchev–Trinajstić information content (AvgIpc) is 3.30. The van der Waals surface area contributed by atoms with Crippen molar-refractivity contribution in [3.8, 4) is 5.75 Å². The van der Waals surface area contributed by atoms with Crippen LogP contribution in [-0.4, -0.2) is 40.5 Å². The van der Waals surface area contributed by atoms with E-state index in [1.807, 2.05) is 29.2 Å². The van der Waals surface area contributed by atoms with Crippen LogP contribution in [0.15, 0.2) is 60.9 Å². The molecule has 0 unspecified atom stereocenters. The van der Waals surface area contributed by atoms with E-state index in [4.69, 9.17) is 0 Å². The van der Waals surface area contributed by atoms with Crippen molar-refractivity contribution in [1.29, 1.82) is 0 Å². The molecule has 2 N–H and O–H groups in total. The number of nitrogens with zero attached hydrogens (tertiary/aromatic N) is 2. The molecule has 1 amide bonds. The Morgan fingerprint density at radius 2 is 1.96 bits per heavy atom. The highest BCUT2D eigenvalue weighted by atomic mass is 16.3. The van der Waals surface area contributed by atoms with Crippen molar-refractivity contribution >= 4 is 16.7 Å². The second kappa shape index (κ2) is 6.35. The minimum atomic E-state index is -0.102. The lowest BCUT2D eigenvalue weighted by Crippen LogP contribution is -2.34. The van der Waals surface area contributed by atoms with Gasteiger partial charge in [0.05, 0.1) is 11.6 Å². The van der Waals surface area contributed by atoms with Crippen molar-refractivity contribution < 1.29 is 9.90 Å². The molecule has 5 rings (SSSR count). The molecular formula is C22H21N3O2. The van der Waals surface area contributed by atoms with Crippen LogP contribution in [0.2, 0.25) is 0 Å². The number of amides is 1. The number of hydrogen-bond acceptors (Lipinski definition) is 4. The normalized spacial score (nSPS) is 24.3. The Morgan fingerprint density at radius 3 is 2.81 bits per heavy atom. The molecule has 2 aliphatic heterocycles. The van der Waals surface area contributed by atoms with Gasteiger partial charge in [-0.15, -0.1) is 0 Å². The Kier molecular flexibility index (Phi) is 3.83. The predicted octanol–water partition coefficient (Wildman–Crippen LogP) is 2.97. The maximum Gasteiger partial charge on any atom is 0.258 e. The highest BCUT2D eigenvalue weighted by Crippen LogP contribution is 2.44. The van der Waals surface area contributed by atoms with Gasteiger partial charge in [0.15, 0.2) is 0 Å². The van der Waals surface area contributed by atoms with Crippen LogP contribution in [-0.2, 0) is 0 Å². The van der Waals surface area contributed by atoms with Gasteiger partial charge >= 0.3 is 0 Å². The second-order valence-electron chi connectivity index (χ2n) is 7.45. The van der Waals surface area contributed by atoms with E-state index in [0.717, 1.165) is 24.0 Å². The first-order valence-corrected chi connectivity index (χ1v) is 9.36. The average molecular weight is 359 g/mol. The van der Waals surface area contributed by atoms with Crippen LogP contribution in [0.25, 0.3) is 10.8 Å².